The third-order valence-corrected chi connectivity index (χ3v) is 5.83. The Morgan fingerprint density at radius 3 is 2.67 bits per heavy atom. The summed E-state index contributed by atoms with van der Waals surface area (Å²) in [5.41, 5.74) is 4.59. The number of aromatic nitrogens is 4. The van der Waals surface area contributed by atoms with Gasteiger partial charge in [-0.2, -0.15) is 5.10 Å². The molecule has 3 aromatic rings. The lowest BCUT2D eigenvalue weighted by molar-refractivity contribution is 0.459. The average molecular weight is 359 g/mol. The summed E-state index contributed by atoms with van der Waals surface area (Å²) in [5.74, 6) is 0.824. The van der Waals surface area contributed by atoms with Gasteiger partial charge in [-0.25, -0.2) is 4.98 Å². The monoisotopic (exact) mass is 359 g/mol. The van der Waals surface area contributed by atoms with Gasteiger partial charge in [0.2, 0.25) is 0 Å². The molecule has 1 aromatic carbocycles. The first-order chi connectivity index (χ1) is 13.4. The van der Waals surface area contributed by atoms with Crippen LogP contribution in [0.25, 0.3) is 11.3 Å². The zero-order chi connectivity index (χ0) is 18.1. The average Bonchev–Trinajstić information content (AvgIpc) is 3.39. The second-order valence-electron chi connectivity index (χ2n) is 7.70. The highest BCUT2D eigenvalue weighted by Crippen LogP contribution is 2.35. The minimum absolute atomic E-state index is 0.219. The molecular weight excluding hydrogens is 334 g/mol. The Bertz CT molecular complexity index is 911. The summed E-state index contributed by atoms with van der Waals surface area (Å²) in [6.45, 7) is 0. The summed E-state index contributed by atoms with van der Waals surface area (Å²) < 4.78 is 2.24. The summed E-state index contributed by atoms with van der Waals surface area (Å²) in [6, 6.07) is 11.0. The number of rotatable bonds is 4. The van der Waals surface area contributed by atoms with Gasteiger partial charge in [0.05, 0.1) is 35.9 Å². The second kappa shape index (κ2) is 7.14. The van der Waals surface area contributed by atoms with Gasteiger partial charge >= 0.3 is 0 Å². The van der Waals surface area contributed by atoms with E-state index in [9.17, 15) is 0 Å². The summed E-state index contributed by atoms with van der Waals surface area (Å²) in [5, 5.41) is 8.60. The summed E-state index contributed by atoms with van der Waals surface area (Å²) in [7, 11) is 0. The number of benzene rings is 1. The number of anilines is 1. The molecule has 0 spiro atoms. The third-order valence-electron chi connectivity index (χ3n) is 5.83. The van der Waals surface area contributed by atoms with Crippen molar-refractivity contribution in [2.75, 3.05) is 5.32 Å². The van der Waals surface area contributed by atoms with Gasteiger partial charge in [0.25, 0.3) is 0 Å². The molecule has 1 atom stereocenters. The van der Waals surface area contributed by atoms with Crippen LogP contribution < -0.4 is 5.32 Å². The SMILES string of the molecule is c1ccc(-c2cncc(NC3CCCc4cn(C5CCCC5)nc43)n2)cc1. The number of aryl methyl sites for hydroxylation is 1. The smallest absolute Gasteiger partial charge is 0.145 e. The molecule has 0 bridgehead atoms. The molecule has 27 heavy (non-hydrogen) atoms. The van der Waals surface area contributed by atoms with Gasteiger partial charge in [-0.3, -0.25) is 9.67 Å². The van der Waals surface area contributed by atoms with Crippen LogP contribution in [0.15, 0.2) is 48.9 Å². The van der Waals surface area contributed by atoms with Crippen LogP contribution in [0.5, 0.6) is 0 Å². The maximum atomic E-state index is 5.00. The molecule has 5 nitrogen and oxygen atoms in total. The van der Waals surface area contributed by atoms with Gasteiger partial charge in [0.1, 0.15) is 5.82 Å². The first-order valence-corrected chi connectivity index (χ1v) is 10.1. The van der Waals surface area contributed by atoms with Gasteiger partial charge in [-0.15, -0.1) is 0 Å². The van der Waals surface area contributed by atoms with Crippen LogP contribution in [0.3, 0.4) is 0 Å². The van der Waals surface area contributed by atoms with Gasteiger partial charge < -0.3 is 5.32 Å². The predicted octanol–water partition coefficient (Wildman–Crippen LogP) is 4.94. The van der Waals surface area contributed by atoms with Crippen molar-refractivity contribution in [2.24, 2.45) is 0 Å². The van der Waals surface area contributed by atoms with Crippen molar-refractivity contribution in [3.63, 3.8) is 0 Å². The number of hydrogen-bond acceptors (Lipinski definition) is 4. The summed E-state index contributed by atoms with van der Waals surface area (Å²) in [6.07, 6.45) is 14.5. The number of fused-ring (bicyclic) bond motifs is 1. The van der Waals surface area contributed by atoms with Crippen LogP contribution in [-0.2, 0) is 6.42 Å². The quantitative estimate of drug-likeness (QED) is 0.716. The lowest BCUT2D eigenvalue weighted by atomic mass is 9.94. The molecule has 5 heteroatoms. The Morgan fingerprint density at radius 2 is 1.81 bits per heavy atom. The van der Waals surface area contributed by atoms with Crippen LogP contribution >= 0.6 is 0 Å². The molecule has 0 radical (unpaired) electrons. The first kappa shape index (κ1) is 16.5. The molecular formula is C22H25N5. The van der Waals surface area contributed by atoms with Gasteiger partial charge in [0, 0.05) is 11.8 Å². The Labute approximate surface area is 159 Å². The Balaban J connectivity index is 1.39. The van der Waals surface area contributed by atoms with E-state index in [1.807, 2.05) is 30.6 Å². The maximum Gasteiger partial charge on any atom is 0.145 e. The molecule has 2 aliphatic rings. The third kappa shape index (κ3) is 3.34. The second-order valence-corrected chi connectivity index (χ2v) is 7.70. The van der Waals surface area contributed by atoms with E-state index in [1.54, 1.807) is 0 Å². The molecule has 2 aliphatic carbocycles. The van der Waals surface area contributed by atoms with Crippen molar-refractivity contribution in [1.29, 1.82) is 0 Å². The highest BCUT2D eigenvalue weighted by atomic mass is 15.3. The van der Waals surface area contributed by atoms with Gasteiger partial charge in [-0.1, -0.05) is 43.2 Å². The van der Waals surface area contributed by atoms with Crippen LogP contribution in [0, 0.1) is 0 Å². The fourth-order valence-electron chi connectivity index (χ4n) is 4.42. The topological polar surface area (TPSA) is 55.6 Å². The number of nitrogens with one attached hydrogen (secondary N) is 1. The number of nitrogens with zero attached hydrogens (tertiary/aromatic N) is 4. The van der Waals surface area contributed by atoms with Gasteiger partial charge in [-0.05, 0) is 37.7 Å². The van der Waals surface area contributed by atoms with Crippen molar-refractivity contribution in [2.45, 2.75) is 57.0 Å². The number of hydrogen-bond donors (Lipinski definition) is 1. The summed E-state index contributed by atoms with van der Waals surface area (Å²) in [4.78, 5) is 9.19. The largest absolute Gasteiger partial charge is 0.360 e. The molecule has 1 fully saturated rings. The highest BCUT2D eigenvalue weighted by molar-refractivity contribution is 5.59. The molecule has 2 aromatic heterocycles. The van der Waals surface area contributed by atoms with Crippen LogP contribution in [-0.4, -0.2) is 19.7 Å². The minimum Gasteiger partial charge on any atom is -0.360 e. The minimum atomic E-state index is 0.219. The lowest BCUT2D eigenvalue weighted by Gasteiger charge is -2.22. The Kier molecular flexibility index (Phi) is 4.36. The Hall–Kier alpha value is -2.69. The van der Waals surface area contributed by atoms with Crippen LogP contribution in [0.1, 0.15) is 61.9 Å². The molecule has 2 heterocycles. The first-order valence-electron chi connectivity index (χ1n) is 10.1. The molecule has 5 rings (SSSR count). The molecule has 0 amide bonds. The van der Waals surface area contributed by atoms with Crippen molar-refractivity contribution >= 4 is 5.82 Å². The van der Waals surface area contributed by atoms with Crippen LogP contribution in [0.2, 0.25) is 0 Å². The van der Waals surface area contributed by atoms with E-state index >= 15 is 0 Å². The molecule has 138 valence electrons. The molecule has 1 unspecified atom stereocenters. The molecule has 1 N–H and O–H groups in total. The summed E-state index contributed by atoms with van der Waals surface area (Å²) >= 11 is 0. The predicted molar refractivity (Wildman–Crippen MR) is 107 cm³/mol. The molecule has 0 aliphatic heterocycles. The van der Waals surface area contributed by atoms with E-state index in [0.717, 1.165) is 29.9 Å². The molecule has 0 saturated heterocycles. The Morgan fingerprint density at radius 1 is 0.963 bits per heavy atom. The van der Waals surface area contributed by atoms with E-state index < -0.39 is 0 Å². The van der Waals surface area contributed by atoms with E-state index in [1.165, 1.54) is 43.4 Å². The van der Waals surface area contributed by atoms with Crippen molar-refractivity contribution in [1.82, 2.24) is 19.7 Å². The van der Waals surface area contributed by atoms with Crippen molar-refractivity contribution in [3.05, 3.63) is 60.2 Å². The standard InChI is InChI=1S/C22H25N5/c1-2-7-16(8-3-1)20-13-23-14-21(25-20)24-19-12-6-9-17-15-27(26-22(17)19)18-10-4-5-11-18/h1-3,7-8,13-15,18-19H,4-6,9-12H2,(H,24,25). The zero-order valence-electron chi connectivity index (χ0n) is 15.5. The lowest BCUT2D eigenvalue weighted by Crippen LogP contribution is -2.18. The van der Waals surface area contributed by atoms with Crippen LogP contribution in [0.4, 0.5) is 5.82 Å². The van der Waals surface area contributed by atoms with Crippen molar-refractivity contribution in [3.8, 4) is 11.3 Å². The highest BCUT2D eigenvalue weighted by Gasteiger charge is 2.27. The van der Waals surface area contributed by atoms with E-state index in [0.29, 0.717) is 6.04 Å². The normalized spacial score (nSPS) is 19.8. The molecule has 1 saturated carbocycles. The van der Waals surface area contributed by atoms with E-state index in [-0.39, 0.29) is 6.04 Å². The van der Waals surface area contributed by atoms with E-state index in [2.05, 4.69) is 33.3 Å². The van der Waals surface area contributed by atoms with Crippen molar-refractivity contribution < 1.29 is 0 Å². The zero-order valence-corrected chi connectivity index (χ0v) is 15.5. The van der Waals surface area contributed by atoms with Gasteiger partial charge in [0.15, 0.2) is 0 Å². The van der Waals surface area contributed by atoms with E-state index in [4.69, 9.17) is 10.1 Å². The fourth-order valence-corrected chi connectivity index (χ4v) is 4.42. The fraction of sp³-hybridized carbons (Fsp3) is 0.409. The maximum absolute atomic E-state index is 5.00.